The number of terminal acetylenes is 2. The van der Waals surface area contributed by atoms with Crippen LogP contribution in [0, 0.1) is 31.6 Å². The van der Waals surface area contributed by atoms with Gasteiger partial charge in [-0.1, -0.05) is 89.6 Å². The van der Waals surface area contributed by atoms with Gasteiger partial charge >= 0.3 is 6.97 Å². The minimum atomic E-state index is -4.45. The summed E-state index contributed by atoms with van der Waals surface area (Å²) in [6.07, 6.45) is 18.5. The van der Waals surface area contributed by atoms with Crippen LogP contribution < -0.4 is 0 Å². The topological polar surface area (TPSA) is 17.8 Å². The van der Waals surface area contributed by atoms with Crippen molar-refractivity contribution < 1.29 is 13.1 Å². The van der Waals surface area contributed by atoms with E-state index in [1.165, 1.54) is 0 Å². The fourth-order valence-corrected chi connectivity index (χ4v) is 9.22. The van der Waals surface area contributed by atoms with Crippen molar-refractivity contribution in [3.8, 4) is 24.7 Å². The summed E-state index contributed by atoms with van der Waals surface area (Å²) in [4.78, 5) is 0. The maximum Gasteiger partial charge on any atom is 0.738 e. The summed E-state index contributed by atoms with van der Waals surface area (Å²) < 4.78 is 41.2. The number of nitrogens with zero attached hydrogens (tertiary/aromatic N) is 4. The van der Waals surface area contributed by atoms with Crippen LogP contribution in [0.4, 0.5) is 8.63 Å². The zero-order valence-electron chi connectivity index (χ0n) is 30.3. The predicted molar refractivity (Wildman–Crippen MR) is 228 cm³/mol. The van der Waals surface area contributed by atoms with Crippen molar-refractivity contribution >= 4 is 103 Å². The van der Waals surface area contributed by atoms with Gasteiger partial charge in [0.25, 0.3) is 0 Å². The number of para-hydroxylation sites is 2. The number of hydrogen-bond acceptors (Lipinski definition) is 0. The van der Waals surface area contributed by atoms with Gasteiger partial charge in [-0.2, -0.15) is 0 Å². The van der Waals surface area contributed by atoms with E-state index in [-0.39, 0.29) is 21.5 Å². The average molecular weight is 762 g/mol. The fourth-order valence-electron chi connectivity index (χ4n) is 8.73. The highest BCUT2D eigenvalue weighted by Gasteiger charge is 2.56. The number of fused-ring (bicyclic) bond motifs is 8. The second-order valence-electron chi connectivity index (χ2n) is 14.1. The Bertz CT molecular complexity index is 3100. The Hall–Kier alpha value is -5.99. The van der Waals surface area contributed by atoms with Crippen LogP contribution in [0.5, 0.6) is 0 Å². The number of halogens is 4. The molecule has 9 heteroatoms. The van der Waals surface area contributed by atoms with E-state index < -0.39 is 6.97 Å². The third-order valence-electron chi connectivity index (χ3n) is 11.1. The fraction of sp³-hybridized carbons (Fsp3) is 0.109. The number of benzene rings is 4. The van der Waals surface area contributed by atoms with Gasteiger partial charge in [0, 0.05) is 61.2 Å². The Morgan fingerprint density at radius 2 is 1.18 bits per heavy atom. The van der Waals surface area contributed by atoms with Crippen LogP contribution in [0.2, 0.25) is 5.02 Å². The summed E-state index contributed by atoms with van der Waals surface area (Å²) in [6.45, 7) is 1.87. The largest absolute Gasteiger partial charge is 0.738 e. The Morgan fingerprint density at radius 1 is 0.673 bits per heavy atom. The molecule has 55 heavy (non-hydrogen) atoms. The zero-order valence-corrected chi connectivity index (χ0v) is 31.9. The van der Waals surface area contributed by atoms with E-state index in [2.05, 4.69) is 45.2 Å². The van der Waals surface area contributed by atoms with Crippen molar-refractivity contribution in [1.29, 1.82) is 0 Å². The molecule has 0 aliphatic carbocycles. The number of allylic oxidation sites excluding steroid dienone is 4. The average Bonchev–Trinajstić information content (AvgIpc) is 3.85. The van der Waals surface area contributed by atoms with Crippen LogP contribution in [0.25, 0.3) is 67.4 Å². The Labute approximate surface area is 327 Å². The molecule has 4 nitrogen and oxygen atoms in total. The summed E-state index contributed by atoms with van der Waals surface area (Å²) in [5, 5.41) is 4.76. The lowest BCUT2D eigenvalue weighted by Crippen LogP contribution is -2.51. The molecule has 0 spiro atoms. The molecule has 0 atom stereocenters. The number of hydrogen-bond donors (Lipinski definition) is 0. The molecule has 9 rings (SSSR count). The van der Waals surface area contributed by atoms with Crippen LogP contribution in [-0.4, -0.2) is 30.8 Å². The van der Waals surface area contributed by atoms with Gasteiger partial charge < -0.3 is 26.7 Å². The van der Waals surface area contributed by atoms with Gasteiger partial charge in [0.05, 0.1) is 29.1 Å². The highest BCUT2D eigenvalue weighted by molar-refractivity contribution is 6.60. The van der Waals surface area contributed by atoms with E-state index in [1.54, 1.807) is 26.0 Å². The van der Waals surface area contributed by atoms with E-state index in [1.807, 2.05) is 79.7 Å². The van der Waals surface area contributed by atoms with Crippen LogP contribution >= 0.6 is 23.2 Å². The maximum absolute atomic E-state index is 17.4. The molecule has 3 aromatic heterocycles. The molecule has 0 unspecified atom stereocenters. The third-order valence-corrected chi connectivity index (χ3v) is 12.1. The SMILES string of the molecule is C#CCn1c2ccccc2c2cc(/C=C/C3=[N+]4C(=C(C)c5c(C)c(Cl)c(/C=C/c6ccc7c(c6)c6ccccc6n7CC#C)n5[B-]4(F)F)C(C)=C3Cl)ccc21. The molecule has 0 radical (unpaired) electrons. The normalized spacial score (nSPS) is 15.4. The second kappa shape index (κ2) is 12.8. The molecule has 0 saturated carbocycles. The van der Waals surface area contributed by atoms with Crippen molar-refractivity contribution in [2.75, 3.05) is 0 Å². The summed E-state index contributed by atoms with van der Waals surface area (Å²) in [5.74, 6) is 5.51. The summed E-state index contributed by atoms with van der Waals surface area (Å²) >= 11 is 13.9. The molecule has 0 bridgehead atoms. The van der Waals surface area contributed by atoms with Gasteiger partial charge in [-0.15, -0.1) is 12.8 Å². The van der Waals surface area contributed by atoms with E-state index in [0.717, 1.165) is 63.7 Å². The zero-order chi connectivity index (χ0) is 38.3. The number of rotatable bonds is 6. The van der Waals surface area contributed by atoms with Gasteiger partial charge in [-0.3, -0.25) is 0 Å². The lowest BCUT2D eigenvalue weighted by molar-refractivity contribution is -0.362. The van der Waals surface area contributed by atoms with Crippen molar-refractivity contribution in [3.63, 3.8) is 0 Å². The highest BCUT2D eigenvalue weighted by Crippen LogP contribution is 2.46. The van der Waals surface area contributed by atoms with Gasteiger partial charge in [0.15, 0.2) is 11.4 Å². The van der Waals surface area contributed by atoms with E-state index in [9.17, 15) is 0 Å². The molecule has 0 N–H and O–H groups in total. The van der Waals surface area contributed by atoms with E-state index >= 15 is 8.63 Å². The Kier molecular flexibility index (Phi) is 8.10. The predicted octanol–water partition coefficient (Wildman–Crippen LogP) is 11.8. The molecule has 7 aromatic rings. The molecular weight excluding hydrogens is 728 g/mol. The molecule has 2 aliphatic heterocycles. The minimum absolute atomic E-state index is 0.227. The first kappa shape index (κ1) is 34.8. The van der Waals surface area contributed by atoms with Gasteiger partial charge in [0.1, 0.15) is 5.03 Å². The maximum atomic E-state index is 17.4. The Morgan fingerprint density at radius 3 is 1.73 bits per heavy atom. The van der Waals surface area contributed by atoms with Crippen LogP contribution in [0.15, 0.2) is 107 Å². The van der Waals surface area contributed by atoms with Crippen molar-refractivity contribution in [3.05, 3.63) is 140 Å². The molecular formula is C46H33BCl2F2N4. The van der Waals surface area contributed by atoms with Gasteiger partial charge in [0.2, 0.25) is 0 Å². The lowest BCUT2D eigenvalue weighted by Gasteiger charge is -2.32. The smallest absolute Gasteiger partial charge is 0.389 e. The van der Waals surface area contributed by atoms with Crippen molar-refractivity contribution in [1.82, 2.24) is 13.6 Å². The first-order valence-electron chi connectivity index (χ1n) is 18.0. The minimum Gasteiger partial charge on any atom is -0.389 e. The van der Waals surface area contributed by atoms with Gasteiger partial charge in [-0.05, 0) is 86.0 Å². The molecule has 0 fully saturated rings. The summed E-state index contributed by atoms with van der Waals surface area (Å²) in [6, 6.07) is 28.3. The summed E-state index contributed by atoms with van der Waals surface area (Å²) in [5.41, 5.74) is 8.89. The molecule has 268 valence electrons. The van der Waals surface area contributed by atoms with Crippen LogP contribution in [0.3, 0.4) is 0 Å². The highest BCUT2D eigenvalue weighted by atomic mass is 35.5. The van der Waals surface area contributed by atoms with Crippen LogP contribution in [0.1, 0.15) is 41.9 Å². The first-order chi connectivity index (χ1) is 26.6. The monoisotopic (exact) mass is 760 g/mol. The first-order valence-corrected chi connectivity index (χ1v) is 18.7. The van der Waals surface area contributed by atoms with E-state index in [0.29, 0.717) is 41.2 Å². The Balaban J connectivity index is 1.15. The van der Waals surface area contributed by atoms with Crippen molar-refractivity contribution in [2.45, 2.75) is 33.9 Å². The number of aromatic nitrogens is 3. The van der Waals surface area contributed by atoms with E-state index in [4.69, 9.17) is 36.0 Å². The lowest BCUT2D eigenvalue weighted by atomic mass is 9.86. The molecule has 5 heterocycles. The van der Waals surface area contributed by atoms with Gasteiger partial charge in [-0.25, -0.2) is 0 Å². The molecule has 0 amide bonds. The van der Waals surface area contributed by atoms with Crippen molar-refractivity contribution in [2.24, 2.45) is 0 Å². The third kappa shape index (κ3) is 5.04. The molecule has 2 aliphatic rings. The second-order valence-corrected chi connectivity index (χ2v) is 14.9. The molecule has 4 aromatic carbocycles. The standard InChI is InChI=1S/C46H33BCl2F2N4/c1-6-24-52-37-14-10-8-12-33(37)35-26-31(16-20-39(35)52)18-22-41-43(48)28(3)45-30(5)46-29(4)44(49)42(55(46)47(50,51)54(41)45)23-19-32-17-21-40-36(27-32)34-13-9-11-15-38(34)53(40)25-7-2/h1-2,8-23,26-27H,24-25H2,3-5H3/b22-18+,23-19+. The quantitative estimate of drug-likeness (QED) is 0.119. The summed E-state index contributed by atoms with van der Waals surface area (Å²) in [7, 11) is 0. The molecule has 0 saturated heterocycles. The van der Waals surface area contributed by atoms with Crippen LogP contribution in [-0.2, 0) is 13.1 Å².